The Bertz CT molecular complexity index is 1850. The van der Waals surface area contributed by atoms with Crippen molar-refractivity contribution in [2.75, 3.05) is 43.1 Å². The van der Waals surface area contributed by atoms with Crippen LogP contribution in [-0.2, 0) is 14.3 Å². The third-order valence-electron chi connectivity index (χ3n) is 6.57. The van der Waals surface area contributed by atoms with Gasteiger partial charge < -0.3 is 25.2 Å². The fraction of sp³-hybridized carbons (Fsp3) is 0.200. The van der Waals surface area contributed by atoms with E-state index in [-0.39, 0.29) is 6.54 Å². The number of pyridine rings is 2. The van der Waals surface area contributed by atoms with E-state index in [1.165, 1.54) is 0 Å². The number of rotatable bonds is 7. The summed E-state index contributed by atoms with van der Waals surface area (Å²) in [5.74, 6) is -2.42. The molecule has 45 heavy (non-hydrogen) atoms. The van der Waals surface area contributed by atoms with Crippen LogP contribution < -0.4 is 10.2 Å². The number of ether oxygens (including phenoxy) is 1. The zero-order chi connectivity index (χ0) is 32.0. The van der Waals surface area contributed by atoms with E-state index in [9.17, 15) is 18.0 Å². The number of alkyl halides is 3. The number of imidazole rings is 1. The number of aliphatic carboxylic acids is 2. The molecular formula is C30H26F3N7O5. The lowest BCUT2D eigenvalue weighted by molar-refractivity contribution is -0.192. The van der Waals surface area contributed by atoms with Crippen LogP contribution in [0, 0.1) is 0 Å². The number of halogens is 3. The molecule has 5 aromatic rings. The van der Waals surface area contributed by atoms with E-state index >= 15 is 0 Å². The Kier molecular flexibility index (Phi) is 9.18. The van der Waals surface area contributed by atoms with Gasteiger partial charge in [0, 0.05) is 36.4 Å². The maximum atomic E-state index is 10.8. The van der Waals surface area contributed by atoms with Crippen molar-refractivity contribution in [3.63, 3.8) is 0 Å². The Morgan fingerprint density at radius 2 is 1.67 bits per heavy atom. The van der Waals surface area contributed by atoms with Crippen LogP contribution in [0.15, 0.2) is 67.1 Å². The van der Waals surface area contributed by atoms with Crippen LogP contribution in [0.3, 0.4) is 0 Å². The van der Waals surface area contributed by atoms with Crippen LogP contribution in [0.5, 0.6) is 0 Å². The van der Waals surface area contributed by atoms with Gasteiger partial charge in [0.1, 0.15) is 12.4 Å². The van der Waals surface area contributed by atoms with Crippen LogP contribution in [-0.4, -0.2) is 85.5 Å². The molecule has 0 bridgehead atoms. The van der Waals surface area contributed by atoms with Crippen LogP contribution in [0.4, 0.5) is 24.8 Å². The molecule has 0 spiro atoms. The summed E-state index contributed by atoms with van der Waals surface area (Å²) < 4.78 is 39.3. The molecule has 15 heteroatoms. The van der Waals surface area contributed by atoms with Crippen LogP contribution >= 0.6 is 0 Å². The second-order valence-electron chi connectivity index (χ2n) is 9.67. The number of carboxylic acid groups (broad SMARTS) is 2. The summed E-state index contributed by atoms with van der Waals surface area (Å²) in [6.07, 6.45) is 4.32. The Labute approximate surface area is 253 Å². The Balaban J connectivity index is 0.000000515. The largest absolute Gasteiger partial charge is 0.490 e. The van der Waals surface area contributed by atoms with Crippen molar-refractivity contribution in [2.45, 2.75) is 6.18 Å². The topological polar surface area (TPSA) is 155 Å². The van der Waals surface area contributed by atoms with Gasteiger partial charge in [0.2, 0.25) is 0 Å². The van der Waals surface area contributed by atoms with E-state index in [4.69, 9.17) is 34.7 Å². The highest BCUT2D eigenvalue weighted by Crippen LogP contribution is 2.27. The number of carbonyl (C=O) groups is 2. The molecule has 12 nitrogen and oxygen atoms in total. The van der Waals surface area contributed by atoms with Crippen LogP contribution in [0.1, 0.15) is 11.4 Å². The molecule has 0 radical (unpaired) electrons. The van der Waals surface area contributed by atoms with E-state index in [1.807, 2.05) is 65.3 Å². The van der Waals surface area contributed by atoms with Gasteiger partial charge in [-0.15, -0.1) is 0 Å². The number of anilines is 2. The van der Waals surface area contributed by atoms with Crippen molar-refractivity contribution in [3.05, 3.63) is 78.5 Å². The minimum Gasteiger partial charge on any atom is -0.480 e. The lowest BCUT2D eigenvalue weighted by atomic mass is 10.2. The predicted molar refractivity (Wildman–Crippen MR) is 160 cm³/mol. The SMILES string of the molecule is O=C(O)C(F)(F)F.O=C(O)CNc1ccc(-c2cnc(N3CCOCC3)c3nc(/C=C/c4ccc5ccccc5n4)cn23)cn1. The third kappa shape index (κ3) is 7.69. The first-order valence-corrected chi connectivity index (χ1v) is 13.6. The first-order valence-electron chi connectivity index (χ1n) is 13.6. The molecule has 1 fully saturated rings. The number of nitrogens with zero attached hydrogens (tertiary/aromatic N) is 6. The molecule has 0 amide bonds. The van der Waals surface area contributed by atoms with Crippen molar-refractivity contribution in [3.8, 4) is 11.3 Å². The lowest BCUT2D eigenvalue weighted by Crippen LogP contribution is -2.37. The van der Waals surface area contributed by atoms with Crippen LogP contribution in [0.25, 0.3) is 40.0 Å². The molecule has 3 N–H and O–H groups in total. The fourth-order valence-electron chi connectivity index (χ4n) is 4.44. The van der Waals surface area contributed by atoms with Crippen molar-refractivity contribution < 1.29 is 37.7 Å². The van der Waals surface area contributed by atoms with Crippen molar-refractivity contribution in [1.82, 2.24) is 24.3 Å². The Morgan fingerprint density at radius 3 is 2.36 bits per heavy atom. The summed E-state index contributed by atoms with van der Waals surface area (Å²) in [4.78, 5) is 40.7. The summed E-state index contributed by atoms with van der Waals surface area (Å²) in [6, 6.07) is 15.7. The molecule has 0 aliphatic carbocycles. The summed E-state index contributed by atoms with van der Waals surface area (Å²) >= 11 is 0. The molecule has 1 saturated heterocycles. The Hall–Kier alpha value is -5.57. The number of benzene rings is 1. The smallest absolute Gasteiger partial charge is 0.480 e. The van der Waals surface area contributed by atoms with Gasteiger partial charge in [-0.05, 0) is 36.4 Å². The minimum absolute atomic E-state index is 0.199. The van der Waals surface area contributed by atoms with Gasteiger partial charge in [-0.1, -0.05) is 24.3 Å². The van der Waals surface area contributed by atoms with Gasteiger partial charge in [0.15, 0.2) is 11.5 Å². The number of nitrogens with one attached hydrogen (secondary N) is 1. The summed E-state index contributed by atoms with van der Waals surface area (Å²) in [7, 11) is 0. The second-order valence-corrected chi connectivity index (χ2v) is 9.67. The molecule has 0 unspecified atom stereocenters. The van der Waals surface area contributed by atoms with Crippen molar-refractivity contribution in [1.29, 1.82) is 0 Å². The molecule has 4 aromatic heterocycles. The lowest BCUT2D eigenvalue weighted by Gasteiger charge is -2.28. The molecule has 1 aliphatic rings. The molecule has 1 aromatic carbocycles. The Morgan fingerprint density at radius 1 is 0.933 bits per heavy atom. The van der Waals surface area contributed by atoms with E-state index in [1.54, 1.807) is 12.3 Å². The van der Waals surface area contributed by atoms with E-state index in [2.05, 4.69) is 21.3 Å². The summed E-state index contributed by atoms with van der Waals surface area (Å²) in [5, 5.41) is 19.9. The highest BCUT2D eigenvalue weighted by Gasteiger charge is 2.38. The number of hydrogen-bond donors (Lipinski definition) is 3. The number of para-hydroxylation sites is 1. The standard InChI is InChI=1S/C28H25N7O3.C2HF3O2/c36-26(37)17-30-25-10-6-20(15-29-25)24-16-31-27(34-11-13-38-14-12-34)28-33-22(18-35(24)28)9-8-21-7-5-19-3-1-2-4-23(19)32-21;3-2(4,5)1(6)7/h1-10,15-16,18H,11-14,17H2,(H,29,30)(H,36,37);(H,6,7)/b9-8+;. The summed E-state index contributed by atoms with van der Waals surface area (Å²) in [6.45, 7) is 2.58. The number of aromatic nitrogens is 5. The molecule has 232 valence electrons. The monoisotopic (exact) mass is 621 g/mol. The van der Waals surface area contributed by atoms with Gasteiger partial charge in [-0.25, -0.2) is 24.7 Å². The first-order chi connectivity index (χ1) is 21.6. The fourth-order valence-corrected chi connectivity index (χ4v) is 4.44. The molecule has 6 rings (SSSR count). The predicted octanol–water partition coefficient (Wildman–Crippen LogP) is 4.48. The minimum atomic E-state index is -5.08. The molecule has 0 atom stereocenters. The first kappa shape index (κ1) is 30.9. The van der Waals surface area contributed by atoms with E-state index in [0.717, 1.165) is 58.1 Å². The molecule has 0 saturated carbocycles. The zero-order valence-electron chi connectivity index (χ0n) is 23.5. The third-order valence-corrected chi connectivity index (χ3v) is 6.57. The maximum Gasteiger partial charge on any atom is 0.490 e. The molecule has 5 heterocycles. The highest BCUT2D eigenvalue weighted by atomic mass is 19.4. The second kappa shape index (κ2) is 13.4. The van der Waals surface area contributed by atoms with Crippen LogP contribution in [0.2, 0.25) is 0 Å². The quantitative estimate of drug-likeness (QED) is 0.236. The number of fused-ring (bicyclic) bond motifs is 2. The normalized spacial score (nSPS) is 13.5. The van der Waals surface area contributed by atoms with Gasteiger partial charge in [0.05, 0.1) is 42.0 Å². The van der Waals surface area contributed by atoms with Gasteiger partial charge in [0.25, 0.3) is 0 Å². The van der Waals surface area contributed by atoms with Gasteiger partial charge >= 0.3 is 18.1 Å². The number of hydrogen-bond acceptors (Lipinski definition) is 9. The number of morpholine rings is 1. The number of carboxylic acids is 2. The van der Waals surface area contributed by atoms with E-state index in [0.29, 0.717) is 19.0 Å². The van der Waals surface area contributed by atoms with Crippen molar-refractivity contribution in [2.24, 2.45) is 0 Å². The zero-order valence-corrected chi connectivity index (χ0v) is 23.5. The van der Waals surface area contributed by atoms with E-state index < -0.39 is 18.1 Å². The maximum absolute atomic E-state index is 10.8. The molecular weight excluding hydrogens is 595 g/mol. The van der Waals surface area contributed by atoms with Gasteiger partial charge in [-0.2, -0.15) is 13.2 Å². The highest BCUT2D eigenvalue weighted by molar-refractivity contribution is 5.81. The molecule has 1 aliphatic heterocycles. The van der Waals surface area contributed by atoms with Crippen molar-refractivity contribution >= 4 is 52.3 Å². The average Bonchev–Trinajstić information content (AvgIpc) is 3.47. The van der Waals surface area contributed by atoms with Gasteiger partial charge in [-0.3, -0.25) is 9.20 Å². The summed E-state index contributed by atoms with van der Waals surface area (Å²) in [5.41, 5.74) is 4.96. The average molecular weight is 622 g/mol.